The molecule has 3 rings (SSSR count). The van der Waals surface area contributed by atoms with E-state index in [-0.39, 0.29) is 0 Å². The monoisotopic (exact) mass is 252 g/mol. The molecule has 0 saturated heterocycles. The maximum Gasteiger partial charge on any atom is 0.238 e. The fraction of sp³-hybridized carbons (Fsp3) is 0.214. The van der Waals surface area contributed by atoms with Gasteiger partial charge in [-0.3, -0.25) is 4.90 Å². The van der Waals surface area contributed by atoms with Gasteiger partial charge in [-0.1, -0.05) is 6.07 Å². The summed E-state index contributed by atoms with van der Waals surface area (Å²) in [7, 11) is 1.63. The van der Waals surface area contributed by atoms with Crippen LogP contribution in [0, 0.1) is 11.5 Å². The Morgan fingerprint density at radius 3 is 2.79 bits per heavy atom. The summed E-state index contributed by atoms with van der Waals surface area (Å²) in [6.07, 6.45) is 6.37. The van der Waals surface area contributed by atoms with Gasteiger partial charge in [-0.05, 0) is 23.3 Å². The summed E-state index contributed by atoms with van der Waals surface area (Å²) in [6.45, 7) is 0.751. The number of benzene rings is 1. The topological polar surface area (TPSA) is 62.0 Å². The molecule has 0 radical (unpaired) electrons. The standard InChI is InChI=1S/C14H12N4O/c1-18(9-15)14-16-7-12(8-17-14)10-2-3-13-11(6-10)4-5-19-13/h2-3,6-8H,4-5H2,1H3. The van der Waals surface area contributed by atoms with Crippen molar-refractivity contribution >= 4 is 5.95 Å². The predicted octanol–water partition coefficient (Wildman–Crippen LogP) is 2.00. The molecule has 2 heterocycles. The largest absolute Gasteiger partial charge is 0.493 e. The number of aromatic nitrogens is 2. The highest BCUT2D eigenvalue weighted by Gasteiger charge is 2.13. The summed E-state index contributed by atoms with van der Waals surface area (Å²) in [5.41, 5.74) is 3.22. The summed E-state index contributed by atoms with van der Waals surface area (Å²) in [5.74, 6) is 1.36. The summed E-state index contributed by atoms with van der Waals surface area (Å²) < 4.78 is 5.48. The number of fused-ring (bicyclic) bond motifs is 1. The van der Waals surface area contributed by atoms with Crippen molar-refractivity contribution < 1.29 is 4.74 Å². The van der Waals surface area contributed by atoms with Crippen molar-refractivity contribution in [3.05, 3.63) is 36.2 Å². The first-order valence-corrected chi connectivity index (χ1v) is 5.99. The molecule has 1 aliphatic rings. The molecule has 0 amide bonds. The van der Waals surface area contributed by atoms with Gasteiger partial charge in [0.25, 0.3) is 0 Å². The van der Waals surface area contributed by atoms with Gasteiger partial charge < -0.3 is 4.74 Å². The molecule has 0 N–H and O–H groups in total. The van der Waals surface area contributed by atoms with Crippen LogP contribution in [-0.2, 0) is 6.42 Å². The van der Waals surface area contributed by atoms with Crippen molar-refractivity contribution in [3.8, 4) is 23.1 Å². The van der Waals surface area contributed by atoms with Gasteiger partial charge in [0.15, 0.2) is 6.19 Å². The van der Waals surface area contributed by atoms with Gasteiger partial charge in [-0.2, -0.15) is 5.26 Å². The number of hydrogen-bond donors (Lipinski definition) is 0. The van der Waals surface area contributed by atoms with Crippen LogP contribution in [0.25, 0.3) is 11.1 Å². The molecule has 0 bridgehead atoms. The molecule has 1 aromatic carbocycles. The Morgan fingerprint density at radius 2 is 2.05 bits per heavy atom. The summed E-state index contributed by atoms with van der Waals surface area (Å²) in [4.78, 5) is 9.68. The first kappa shape index (κ1) is 11.5. The van der Waals surface area contributed by atoms with E-state index < -0.39 is 0 Å². The quantitative estimate of drug-likeness (QED) is 0.604. The number of nitrogens with zero attached hydrogens (tertiary/aromatic N) is 4. The van der Waals surface area contributed by atoms with Crippen LogP contribution in [0.2, 0.25) is 0 Å². The highest BCUT2D eigenvalue weighted by molar-refractivity contribution is 5.65. The molecule has 0 spiro atoms. The van der Waals surface area contributed by atoms with E-state index >= 15 is 0 Å². The van der Waals surface area contributed by atoms with E-state index in [1.54, 1.807) is 19.4 Å². The highest BCUT2D eigenvalue weighted by Crippen LogP contribution is 2.30. The van der Waals surface area contributed by atoms with Gasteiger partial charge in [-0.15, -0.1) is 0 Å². The van der Waals surface area contributed by atoms with Crippen molar-refractivity contribution in [1.29, 1.82) is 5.26 Å². The summed E-state index contributed by atoms with van der Waals surface area (Å²) in [5, 5.41) is 8.76. The molecule has 1 aromatic heterocycles. The minimum absolute atomic E-state index is 0.399. The van der Waals surface area contributed by atoms with Crippen LogP contribution >= 0.6 is 0 Å². The van der Waals surface area contributed by atoms with Gasteiger partial charge in [0, 0.05) is 31.4 Å². The minimum atomic E-state index is 0.399. The lowest BCUT2D eigenvalue weighted by Gasteiger charge is -2.07. The second kappa shape index (κ2) is 4.58. The Morgan fingerprint density at radius 1 is 1.26 bits per heavy atom. The fourth-order valence-electron chi connectivity index (χ4n) is 2.05. The zero-order chi connectivity index (χ0) is 13.2. The van der Waals surface area contributed by atoms with Crippen LogP contribution in [-0.4, -0.2) is 23.6 Å². The van der Waals surface area contributed by atoms with Crippen molar-refractivity contribution in [2.24, 2.45) is 0 Å². The Hall–Kier alpha value is -2.61. The molecular formula is C14H12N4O. The molecule has 5 heteroatoms. The number of anilines is 1. The molecular weight excluding hydrogens is 240 g/mol. The molecule has 94 valence electrons. The molecule has 0 atom stereocenters. The Bertz CT molecular complexity index is 645. The van der Waals surface area contributed by atoms with Crippen LogP contribution < -0.4 is 9.64 Å². The third kappa shape index (κ3) is 2.08. The summed E-state index contributed by atoms with van der Waals surface area (Å²) >= 11 is 0. The predicted molar refractivity (Wildman–Crippen MR) is 70.7 cm³/mol. The van der Waals surface area contributed by atoms with Gasteiger partial charge in [0.05, 0.1) is 6.61 Å². The molecule has 2 aromatic rings. The Labute approximate surface area is 111 Å². The average Bonchev–Trinajstić information content (AvgIpc) is 2.94. The number of ether oxygens (including phenoxy) is 1. The first-order valence-electron chi connectivity index (χ1n) is 5.99. The van der Waals surface area contributed by atoms with E-state index in [0.29, 0.717) is 5.95 Å². The SMILES string of the molecule is CN(C#N)c1ncc(-c2ccc3c(c2)CCO3)cn1. The first-order chi connectivity index (χ1) is 9.28. The van der Waals surface area contributed by atoms with Crippen LogP contribution in [0.3, 0.4) is 0 Å². The Kier molecular flexibility index (Phi) is 2.76. The molecule has 0 aliphatic carbocycles. The van der Waals surface area contributed by atoms with Crippen LogP contribution in [0.5, 0.6) is 5.75 Å². The van der Waals surface area contributed by atoms with E-state index in [1.165, 1.54) is 10.5 Å². The lowest BCUT2D eigenvalue weighted by atomic mass is 10.0. The van der Waals surface area contributed by atoms with Gasteiger partial charge in [-0.25, -0.2) is 9.97 Å². The normalized spacial score (nSPS) is 12.4. The Balaban J connectivity index is 1.92. The summed E-state index contributed by atoms with van der Waals surface area (Å²) in [6, 6.07) is 6.08. The molecule has 0 unspecified atom stereocenters. The van der Waals surface area contributed by atoms with Crippen molar-refractivity contribution in [2.75, 3.05) is 18.6 Å². The second-order valence-corrected chi connectivity index (χ2v) is 4.35. The average molecular weight is 252 g/mol. The number of rotatable bonds is 2. The molecule has 0 saturated carbocycles. The zero-order valence-corrected chi connectivity index (χ0v) is 10.5. The van der Waals surface area contributed by atoms with Crippen LogP contribution in [0.1, 0.15) is 5.56 Å². The second-order valence-electron chi connectivity index (χ2n) is 4.35. The molecule has 19 heavy (non-hydrogen) atoms. The van der Waals surface area contributed by atoms with Gasteiger partial charge in [0.1, 0.15) is 5.75 Å². The highest BCUT2D eigenvalue weighted by atomic mass is 16.5. The fourth-order valence-corrected chi connectivity index (χ4v) is 2.05. The third-order valence-corrected chi connectivity index (χ3v) is 3.11. The van der Waals surface area contributed by atoms with Crippen LogP contribution in [0.4, 0.5) is 5.95 Å². The third-order valence-electron chi connectivity index (χ3n) is 3.11. The van der Waals surface area contributed by atoms with E-state index in [9.17, 15) is 0 Å². The molecule has 1 aliphatic heterocycles. The molecule has 0 fully saturated rings. The van der Waals surface area contributed by atoms with Crippen molar-refractivity contribution in [2.45, 2.75) is 6.42 Å². The van der Waals surface area contributed by atoms with Crippen molar-refractivity contribution in [3.63, 3.8) is 0 Å². The number of nitriles is 1. The maximum atomic E-state index is 8.76. The lowest BCUT2D eigenvalue weighted by molar-refractivity contribution is 0.357. The van der Waals surface area contributed by atoms with Gasteiger partial charge in [0.2, 0.25) is 5.95 Å². The lowest BCUT2D eigenvalue weighted by Crippen LogP contribution is -2.11. The van der Waals surface area contributed by atoms with E-state index in [4.69, 9.17) is 10.00 Å². The maximum absolute atomic E-state index is 8.76. The van der Waals surface area contributed by atoms with Crippen LogP contribution in [0.15, 0.2) is 30.6 Å². The van der Waals surface area contributed by atoms with Gasteiger partial charge >= 0.3 is 0 Å². The van der Waals surface area contributed by atoms with Crippen molar-refractivity contribution in [1.82, 2.24) is 9.97 Å². The zero-order valence-electron chi connectivity index (χ0n) is 10.5. The van der Waals surface area contributed by atoms with E-state index in [2.05, 4.69) is 16.0 Å². The smallest absolute Gasteiger partial charge is 0.238 e. The number of hydrogen-bond acceptors (Lipinski definition) is 5. The molecule has 5 nitrogen and oxygen atoms in total. The van der Waals surface area contributed by atoms with E-state index in [1.807, 2.05) is 18.3 Å². The minimum Gasteiger partial charge on any atom is -0.493 e. The van der Waals surface area contributed by atoms with E-state index in [0.717, 1.165) is 29.9 Å².